The maximum absolute atomic E-state index is 12.8. The number of hydrogen-bond acceptors (Lipinski definition) is 4. The van der Waals surface area contributed by atoms with Crippen molar-refractivity contribution in [2.45, 2.75) is 6.04 Å². The maximum atomic E-state index is 12.8. The second-order valence-corrected chi connectivity index (χ2v) is 6.94. The van der Waals surface area contributed by atoms with Gasteiger partial charge in [-0.3, -0.25) is 9.59 Å². The minimum absolute atomic E-state index is 0.0352. The molecule has 2 aromatic rings. The average molecular weight is 402 g/mol. The van der Waals surface area contributed by atoms with Crippen LogP contribution in [0.3, 0.4) is 0 Å². The van der Waals surface area contributed by atoms with Crippen LogP contribution in [-0.2, 0) is 9.59 Å². The lowest BCUT2D eigenvalue weighted by Gasteiger charge is -2.24. The molecule has 0 radical (unpaired) electrons. The van der Waals surface area contributed by atoms with Gasteiger partial charge in [0.25, 0.3) is 11.7 Å². The number of carbonyl (C=O) groups excluding carboxylic acids is 2. The summed E-state index contributed by atoms with van der Waals surface area (Å²) >= 11 is 5.99. The summed E-state index contributed by atoms with van der Waals surface area (Å²) in [4.78, 5) is 27.0. The summed E-state index contributed by atoms with van der Waals surface area (Å²) in [5.74, 6) is -1.54. The number of rotatable bonds is 7. The number of ketones is 1. The summed E-state index contributed by atoms with van der Waals surface area (Å²) in [7, 11) is 0. The number of amides is 1. The van der Waals surface area contributed by atoms with Crippen LogP contribution in [0.1, 0.15) is 17.2 Å². The summed E-state index contributed by atoms with van der Waals surface area (Å²) in [6, 6.07) is 14.9. The summed E-state index contributed by atoms with van der Waals surface area (Å²) in [6.45, 7) is 1.39. The lowest BCUT2D eigenvalue weighted by Crippen LogP contribution is -2.86. The van der Waals surface area contributed by atoms with E-state index in [0.29, 0.717) is 35.8 Å². The van der Waals surface area contributed by atoms with Crippen molar-refractivity contribution in [3.63, 3.8) is 0 Å². The number of nitrogens with two attached hydrogens (primary N) is 1. The number of quaternary nitrogens is 1. The highest BCUT2D eigenvalue weighted by atomic mass is 35.5. The Morgan fingerprint density at radius 2 is 1.71 bits per heavy atom. The van der Waals surface area contributed by atoms with E-state index in [-0.39, 0.29) is 17.9 Å². The Hall–Kier alpha value is -2.67. The molecule has 28 heavy (non-hydrogen) atoms. The van der Waals surface area contributed by atoms with Crippen LogP contribution in [0.2, 0.25) is 5.02 Å². The summed E-state index contributed by atoms with van der Waals surface area (Å²) in [6.07, 6.45) is 0. The van der Waals surface area contributed by atoms with Crippen molar-refractivity contribution in [2.24, 2.45) is 0 Å². The molecule has 0 aromatic heterocycles. The fraction of sp³-hybridized carbons (Fsp3) is 0.238. The van der Waals surface area contributed by atoms with Gasteiger partial charge in [0.15, 0.2) is 0 Å². The normalized spacial score (nSPS) is 18.6. The number of aliphatic hydroxyl groups is 2. The molecule has 0 bridgehead atoms. The van der Waals surface area contributed by atoms with E-state index in [9.17, 15) is 14.7 Å². The predicted octanol–water partition coefficient (Wildman–Crippen LogP) is 1.32. The van der Waals surface area contributed by atoms with Gasteiger partial charge in [-0.2, -0.15) is 0 Å². The number of likely N-dealkylation sites (tertiary alicyclic amines) is 1. The highest BCUT2D eigenvalue weighted by Crippen LogP contribution is 2.39. The molecule has 6 nitrogen and oxygen atoms in total. The lowest BCUT2D eigenvalue weighted by molar-refractivity contribution is -0.655. The van der Waals surface area contributed by atoms with Crippen molar-refractivity contribution >= 4 is 29.1 Å². The molecule has 1 saturated heterocycles. The number of benzene rings is 2. The number of Topliss-reactive ketones (excluding diaryl/α,β-unsaturated/α-hetero) is 1. The molecule has 4 N–H and O–H groups in total. The van der Waals surface area contributed by atoms with Crippen molar-refractivity contribution in [1.29, 1.82) is 0 Å². The Labute approximate surface area is 168 Å². The van der Waals surface area contributed by atoms with E-state index < -0.39 is 17.7 Å². The van der Waals surface area contributed by atoms with Crippen LogP contribution in [0.5, 0.6) is 0 Å². The topological polar surface area (TPSA) is 94.5 Å². The van der Waals surface area contributed by atoms with E-state index in [4.69, 9.17) is 16.7 Å². The SMILES string of the molecule is O=C1C(=O)N(CC[NH2+]CCO)[C@H](c2ccc(Cl)cc2)C1=C(O)c1ccccc1. The van der Waals surface area contributed by atoms with Crippen molar-refractivity contribution in [3.05, 3.63) is 76.3 Å². The summed E-state index contributed by atoms with van der Waals surface area (Å²) < 4.78 is 0. The van der Waals surface area contributed by atoms with Gasteiger partial charge in [0, 0.05) is 10.6 Å². The molecule has 0 aliphatic carbocycles. The van der Waals surface area contributed by atoms with Gasteiger partial charge in [0.2, 0.25) is 0 Å². The molecule has 1 amide bonds. The molecular formula is C21H22ClN2O4+. The smallest absolute Gasteiger partial charge is 0.295 e. The van der Waals surface area contributed by atoms with Crippen LogP contribution in [0.4, 0.5) is 0 Å². The van der Waals surface area contributed by atoms with Crippen LogP contribution in [0.25, 0.3) is 5.76 Å². The highest BCUT2D eigenvalue weighted by Gasteiger charge is 2.46. The maximum Gasteiger partial charge on any atom is 0.295 e. The van der Waals surface area contributed by atoms with Crippen molar-refractivity contribution in [2.75, 3.05) is 26.2 Å². The van der Waals surface area contributed by atoms with Crippen LogP contribution in [0, 0.1) is 0 Å². The molecular weight excluding hydrogens is 380 g/mol. The van der Waals surface area contributed by atoms with Gasteiger partial charge in [0.05, 0.1) is 37.9 Å². The average Bonchev–Trinajstić information content (AvgIpc) is 2.97. The fourth-order valence-electron chi connectivity index (χ4n) is 3.32. The molecule has 1 aliphatic heterocycles. The Morgan fingerprint density at radius 3 is 2.36 bits per heavy atom. The van der Waals surface area contributed by atoms with Gasteiger partial charge in [-0.25, -0.2) is 0 Å². The second kappa shape index (κ2) is 9.01. The standard InChI is InChI=1S/C21H21ClN2O4/c22-16-8-6-14(7-9-16)18-17(19(26)15-4-2-1-3-5-15)20(27)21(28)24(18)12-10-23-11-13-25/h1-9,18,23,25-26H,10-13H2/p+1/t18-/m1/s1. The first-order valence-electron chi connectivity index (χ1n) is 9.06. The molecule has 1 atom stereocenters. The molecule has 7 heteroatoms. The quantitative estimate of drug-likeness (QED) is 0.282. The van der Waals surface area contributed by atoms with E-state index in [0.717, 1.165) is 0 Å². The van der Waals surface area contributed by atoms with E-state index in [2.05, 4.69) is 0 Å². The number of nitrogens with zero attached hydrogens (tertiary/aromatic N) is 1. The first-order chi connectivity index (χ1) is 13.5. The van der Waals surface area contributed by atoms with Crippen LogP contribution in [-0.4, -0.2) is 53.0 Å². The molecule has 1 aliphatic rings. The number of halogens is 1. The van der Waals surface area contributed by atoms with Crippen molar-refractivity contribution < 1.29 is 25.1 Å². The summed E-state index contributed by atoms with van der Waals surface area (Å²) in [5, 5.41) is 22.2. The predicted molar refractivity (Wildman–Crippen MR) is 106 cm³/mol. The Morgan fingerprint density at radius 1 is 1.04 bits per heavy atom. The van der Waals surface area contributed by atoms with E-state index in [1.54, 1.807) is 48.5 Å². The third-order valence-corrected chi connectivity index (χ3v) is 4.93. The minimum atomic E-state index is -0.705. The minimum Gasteiger partial charge on any atom is -0.507 e. The van der Waals surface area contributed by atoms with Gasteiger partial charge in [-0.05, 0) is 17.7 Å². The third-order valence-electron chi connectivity index (χ3n) is 4.68. The Bertz CT molecular complexity index is 881. The molecule has 0 unspecified atom stereocenters. The van der Waals surface area contributed by atoms with Gasteiger partial charge in [0.1, 0.15) is 5.76 Å². The molecule has 1 fully saturated rings. The van der Waals surface area contributed by atoms with E-state index in [1.165, 1.54) is 4.90 Å². The van der Waals surface area contributed by atoms with Crippen molar-refractivity contribution in [3.8, 4) is 0 Å². The Balaban J connectivity index is 2.04. The number of carbonyl (C=O) groups is 2. The number of hydrogen-bond donors (Lipinski definition) is 3. The largest absolute Gasteiger partial charge is 0.507 e. The summed E-state index contributed by atoms with van der Waals surface area (Å²) in [5.41, 5.74) is 1.25. The first-order valence-corrected chi connectivity index (χ1v) is 9.44. The fourth-order valence-corrected chi connectivity index (χ4v) is 3.45. The molecule has 2 aromatic carbocycles. The van der Waals surface area contributed by atoms with Crippen molar-refractivity contribution in [1.82, 2.24) is 4.90 Å². The molecule has 0 saturated carbocycles. The number of aliphatic hydroxyl groups excluding tert-OH is 2. The van der Waals surface area contributed by atoms with E-state index >= 15 is 0 Å². The van der Waals surface area contributed by atoms with Gasteiger partial charge >= 0.3 is 0 Å². The van der Waals surface area contributed by atoms with Crippen LogP contribution >= 0.6 is 11.6 Å². The van der Waals surface area contributed by atoms with Gasteiger partial charge in [-0.15, -0.1) is 0 Å². The zero-order valence-electron chi connectivity index (χ0n) is 15.2. The van der Waals surface area contributed by atoms with Crippen LogP contribution in [0.15, 0.2) is 60.2 Å². The van der Waals surface area contributed by atoms with Gasteiger partial charge < -0.3 is 20.4 Å². The van der Waals surface area contributed by atoms with E-state index in [1.807, 2.05) is 11.4 Å². The molecule has 0 spiro atoms. The zero-order valence-corrected chi connectivity index (χ0v) is 16.0. The Kier molecular flexibility index (Phi) is 6.46. The first kappa shape index (κ1) is 20.1. The third kappa shape index (κ3) is 4.09. The lowest BCUT2D eigenvalue weighted by atomic mass is 9.95. The molecule has 146 valence electrons. The van der Waals surface area contributed by atoms with Gasteiger partial charge in [-0.1, -0.05) is 54.1 Å². The van der Waals surface area contributed by atoms with Crippen LogP contribution < -0.4 is 5.32 Å². The second-order valence-electron chi connectivity index (χ2n) is 6.50. The zero-order chi connectivity index (χ0) is 20.1. The molecule has 1 heterocycles. The molecule has 3 rings (SSSR count). The monoisotopic (exact) mass is 401 g/mol. The highest BCUT2D eigenvalue weighted by molar-refractivity contribution is 6.46.